The van der Waals surface area contributed by atoms with Gasteiger partial charge in [-0.2, -0.15) is 0 Å². The number of hydrogen-bond donors (Lipinski definition) is 1. The summed E-state index contributed by atoms with van der Waals surface area (Å²) < 4.78 is 14.8. The summed E-state index contributed by atoms with van der Waals surface area (Å²) in [6.45, 7) is 2.31. The maximum Gasteiger partial charge on any atom is 0.339 e. The van der Waals surface area contributed by atoms with Crippen molar-refractivity contribution in [3.8, 4) is 5.75 Å². The van der Waals surface area contributed by atoms with E-state index in [0.29, 0.717) is 17.9 Å². The summed E-state index contributed by atoms with van der Waals surface area (Å²) in [5, 5.41) is 2.63. The fraction of sp³-hybridized carbons (Fsp3) is 0.211. The third-order valence-corrected chi connectivity index (χ3v) is 3.50. The molecule has 7 heteroatoms. The first-order valence-corrected chi connectivity index (χ1v) is 7.85. The van der Waals surface area contributed by atoms with Crippen LogP contribution in [0.1, 0.15) is 38.0 Å². The van der Waals surface area contributed by atoms with E-state index in [1.165, 1.54) is 32.4 Å². The van der Waals surface area contributed by atoms with Gasteiger partial charge in [0.25, 0.3) is 5.91 Å². The van der Waals surface area contributed by atoms with Gasteiger partial charge in [0.2, 0.25) is 0 Å². The predicted molar refractivity (Wildman–Crippen MR) is 94.7 cm³/mol. The molecule has 0 radical (unpaired) electrons. The molecule has 0 saturated carbocycles. The second-order valence-electron chi connectivity index (χ2n) is 5.16. The Morgan fingerprint density at radius 1 is 0.923 bits per heavy atom. The molecule has 2 rings (SSSR count). The van der Waals surface area contributed by atoms with Crippen molar-refractivity contribution in [1.82, 2.24) is 0 Å². The quantitative estimate of drug-likeness (QED) is 0.800. The van der Waals surface area contributed by atoms with E-state index in [1.807, 2.05) is 6.92 Å². The molecule has 0 saturated heterocycles. The molecule has 0 heterocycles. The molecule has 0 atom stereocenters. The summed E-state index contributed by atoms with van der Waals surface area (Å²) in [6, 6.07) is 10.8. The predicted octanol–water partition coefficient (Wildman–Crippen LogP) is 2.91. The zero-order valence-electron chi connectivity index (χ0n) is 14.7. The van der Waals surface area contributed by atoms with E-state index in [4.69, 9.17) is 9.47 Å². The topological polar surface area (TPSA) is 90.9 Å². The van der Waals surface area contributed by atoms with Gasteiger partial charge in [-0.05, 0) is 43.3 Å². The molecule has 1 amide bonds. The van der Waals surface area contributed by atoms with Gasteiger partial charge in [0, 0.05) is 5.56 Å². The number of hydrogen-bond acceptors (Lipinski definition) is 6. The van der Waals surface area contributed by atoms with Crippen molar-refractivity contribution in [3.05, 3.63) is 59.2 Å². The van der Waals surface area contributed by atoms with Crippen LogP contribution in [0.15, 0.2) is 42.5 Å². The van der Waals surface area contributed by atoms with E-state index < -0.39 is 17.8 Å². The molecule has 7 nitrogen and oxygen atoms in total. The van der Waals surface area contributed by atoms with Crippen molar-refractivity contribution < 1.29 is 28.6 Å². The molecule has 1 N–H and O–H groups in total. The van der Waals surface area contributed by atoms with Gasteiger partial charge in [-0.25, -0.2) is 9.59 Å². The number of rotatable bonds is 6. The second-order valence-corrected chi connectivity index (χ2v) is 5.16. The molecule has 136 valence electrons. The SMILES string of the molecule is CCOc1cccc(C(=O)Nc2cc(C(=O)OC)ccc2C(=O)OC)c1. The van der Waals surface area contributed by atoms with Gasteiger partial charge in [0.15, 0.2) is 0 Å². The van der Waals surface area contributed by atoms with Crippen LogP contribution in [-0.2, 0) is 9.47 Å². The zero-order valence-corrected chi connectivity index (χ0v) is 14.7. The fourth-order valence-corrected chi connectivity index (χ4v) is 2.27. The number of amides is 1. The lowest BCUT2D eigenvalue weighted by molar-refractivity contribution is 0.0587. The summed E-state index contributed by atoms with van der Waals surface area (Å²) in [5.74, 6) is -1.13. The zero-order chi connectivity index (χ0) is 19.1. The fourth-order valence-electron chi connectivity index (χ4n) is 2.27. The van der Waals surface area contributed by atoms with Crippen molar-refractivity contribution in [3.63, 3.8) is 0 Å². The van der Waals surface area contributed by atoms with E-state index in [-0.39, 0.29) is 16.8 Å². The number of carbonyl (C=O) groups excluding carboxylic acids is 3. The number of methoxy groups -OCH3 is 2. The normalized spacial score (nSPS) is 9.96. The Morgan fingerprint density at radius 3 is 2.31 bits per heavy atom. The maximum absolute atomic E-state index is 12.5. The molecule has 0 spiro atoms. The van der Waals surface area contributed by atoms with Gasteiger partial charge in [-0.1, -0.05) is 6.07 Å². The lowest BCUT2D eigenvalue weighted by Crippen LogP contribution is -2.16. The van der Waals surface area contributed by atoms with Crippen molar-refractivity contribution in [2.75, 3.05) is 26.1 Å². The highest BCUT2D eigenvalue weighted by Crippen LogP contribution is 2.21. The Labute approximate surface area is 150 Å². The highest BCUT2D eigenvalue weighted by atomic mass is 16.5. The molecule has 0 aromatic heterocycles. The molecular weight excluding hydrogens is 338 g/mol. The highest BCUT2D eigenvalue weighted by molar-refractivity contribution is 6.09. The standard InChI is InChI=1S/C19H19NO6/c1-4-26-14-7-5-6-12(10-14)17(21)20-16-11-13(18(22)24-2)8-9-15(16)19(23)25-3/h5-11H,4H2,1-3H3,(H,20,21). The minimum absolute atomic E-state index is 0.120. The van der Waals surface area contributed by atoms with Gasteiger partial charge in [0.05, 0.1) is 37.6 Å². The van der Waals surface area contributed by atoms with E-state index in [2.05, 4.69) is 10.1 Å². The number of nitrogens with one attached hydrogen (secondary N) is 1. The number of ether oxygens (including phenoxy) is 3. The number of esters is 2. The summed E-state index contributed by atoms with van der Waals surface area (Å²) in [5.41, 5.74) is 0.801. The monoisotopic (exact) mass is 357 g/mol. The van der Waals surface area contributed by atoms with Gasteiger partial charge >= 0.3 is 11.9 Å². The maximum atomic E-state index is 12.5. The van der Waals surface area contributed by atoms with Gasteiger partial charge < -0.3 is 19.5 Å². The van der Waals surface area contributed by atoms with Crippen molar-refractivity contribution in [1.29, 1.82) is 0 Å². The molecule has 0 aliphatic carbocycles. The summed E-state index contributed by atoms with van der Waals surface area (Å²) in [7, 11) is 2.47. The lowest BCUT2D eigenvalue weighted by Gasteiger charge is -2.12. The van der Waals surface area contributed by atoms with Gasteiger partial charge in [-0.15, -0.1) is 0 Å². The van der Waals surface area contributed by atoms with E-state index in [0.717, 1.165) is 0 Å². The number of benzene rings is 2. The summed E-state index contributed by atoms with van der Waals surface area (Å²) >= 11 is 0. The number of carbonyl (C=O) groups is 3. The summed E-state index contributed by atoms with van der Waals surface area (Å²) in [4.78, 5) is 36.2. The van der Waals surface area contributed by atoms with Crippen LogP contribution in [-0.4, -0.2) is 38.7 Å². The largest absolute Gasteiger partial charge is 0.494 e. The highest BCUT2D eigenvalue weighted by Gasteiger charge is 2.18. The van der Waals surface area contributed by atoms with Crippen molar-refractivity contribution in [2.24, 2.45) is 0 Å². The van der Waals surface area contributed by atoms with E-state index in [9.17, 15) is 14.4 Å². The third-order valence-electron chi connectivity index (χ3n) is 3.50. The third kappa shape index (κ3) is 4.38. The Bertz CT molecular complexity index is 831. The van der Waals surface area contributed by atoms with E-state index in [1.54, 1.807) is 24.3 Å². The Morgan fingerprint density at radius 2 is 1.65 bits per heavy atom. The van der Waals surface area contributed by atoms with Crippen LogP contribution in [0.5, 0.6) is 5.75 Å². The van der Waals surface area contributed by atoms with Crippen LogP contribution < -0.4 is 10.1 Å². The van der Waals surface area contributed by atoms with Crippen LogP contribution in [0.3, 0.4) is 0 Å². The molecule has 0 aliphatic heterocycles. The van der Waals surface area contributed by atoms with Crippen LogP contribution >= 0.6 is 0 Å². The number of anilines is 1. The molecule has 2 aromatic carbocycles. The first kappa shape index (κ1) is 19.0. The van der Waals surface area contributed by atoms with Gasteiger partial charge in [0.1, 0.15) is 5.75 Å². The molecule has 0 aliphatic rings. The average Bonchev–Trinajstić information content (AvgIpc) is 2.67. The summed E-state index contributed by atoms with van der Waals surface area (Å²) in [6.07, 6.45) is 0. The lowest BCUT2D eigenvalue weighted by atomic mass is 10.1. The molecule has 0 fully saturated rings. The Balaban J connectivity index is 2.36. The first-order valence-electron chi connectivity index (χ1n) is 7.85. The molecule has 2 aromatic rings. The Kier molecular flexibility index (Phi) is 6.32. The Hall–Kier alpha value is -3.35. The van der Waals surface area contributed by atoms with E-state index >= 15 is 0 Å². The average molecular weight is 357 g/mol. The van der Waals surface area contributed by atoms with Crippen LogP contribution in [0.25, 0.3) is 0 Å². The first-order chi connectivity index (χ1) is 12.5. The van der Waals surface area contributed by atoms with Gasteiger partial charge in [-0.3, -0.25) is 4.79 Å². The van der Waals surface area contributed by atoms with Crippen molar-refractivity contribution >= 4 is 23.5 Å². The minimum atomic E-state index is -0.639. The molecule has 0 unspecified atom stereocenters. The van der Waals surface area contributed by atoms with Crippen LogP contribution in [0.2, 0.25) is 0 Å². The minimum Gasteiger partial charge on any atom is -0.494 e. The smallest absolute Gasteiger partial charge is 0.339 e. The van der Waals surface area contributed by atoms with Crippen molar-refractivity contribution in [2.45, 2.75) is 6.92 Å². The van der Waals surface area contributed by atoms with Crippen LogP contribution in [0, 0.1) is 0 Å². The van der Waals surface area contributed by atoms with Crippen LogP contribution in [0.4, 0.5) is 5.69 Å². The molecular formula is C19H19NO6. The molecule has 0 bridgehead atoms. The second kappa shape index (κ2) is 8.66. The molecule has 26 heavy (non-hydrogen) atoms.